The van der Waals surface area contributed by atoms with Gasteiger partial charge in [0.05, 0.1) is 12.0 Å². The Morgan fingerprint density at radius 1 is 0.914 bits per heavy atom. The number of nitrogens with one attached hydrogen (secondary N) is 2. The molecule has 0 bridgehead atoms. The highest BCUT2D eigenvalue weighted by Crippen LogP contribution is 2.28. The van der Waals surface area contributed by atoms with E-state index in [0.29, 0.717) is 22.7 Å². The molecule has 0 heterocycles. The maximum Gasteiger partial charge on any atom is 0.261 e. The highest BCUT2D eigenvalue weighted by molar-refractivity contribution is 7.92. The van der Waals surface area contributed by atoms with Crippen LogP contribution in [0.15, 0.2) is 77.7 Å². The highest BCUT2D eigenvalue weighted by atomic mass is 32.2. The molecule has 3 rings (SSSR count). The van der Waals surface area contributed by atoms with E-state index in [9.17, 15) is 18.0 Å². The third-order valence-electron chi connectivity index (χ3n) is 4.98. The van der Waals surface area contributed by atoms with Crippen molar-refractivity contribution >= 4 is 27.5 Å². The van der Waals surface area contributed by atoms with Crippen molar-refractivity contribution in [2.45, 2.75) is 11.4 Å². The van der Waals surface area contributed by atoms with Gasteiger partial charge in [-0.05, 0) is 54.1 Å². The van der Waals surface area contributed by atoms with Crippen molar-refractivity contribution in [1.82, 2.24) is 10.2 Å². The molecule has 0 fully saturated rings. The molecule has 0 saturated carbocycles. The number of rotatable bonds is 10. The number of para-hydroxylation sites is 1. The average Bonchev–Trinajstić information content (AvgIpc) is 2.86. The summed E-state index contributed by atoms with van der Waals surface area (Å²) in [6, 6.07) is 19.3. The summed E-state index contributed by atoms with van der Waals surface area (Å²) in [5.74, 6) is 0.307. The molecule has 184 valence electrons. The zero-order valence-corrected chi connectivity index (χ0v) is 20.5. The van der Waals surface area contributed by atoms with Gasteiger partial charge in [0, 0.05) is 31.9 Å². The zero-order valence-electron chi connectivity index (χ0n) is 19.6. The Morgan fingerprint density at radius 3 is 2.23 bits per heavy atom. The van der Waals surface area contributed by atoms with Crippen LogP contribution in [0.25, 0.3) is 0 Å². The molecule has 9 nitrogen and oxygen atoms in total. The lowest BCUT2D eigenvalue weighted by Gasteiger charge is -2.14. The first-order valence-electron chi connectivity index (χ1n) is 10.7. The minimum atomic E-state index is -3.77. The van der Waals surface area contributed by atoms with Crippen LogP contribution in [0.1, 0.15) is 15.9 Å². The molecule has 0 aliphatic heterocycles. The quantitative estimate of drug-likeness (QED) is 0.445. The van der Waals surface area contributed by atoms with Crippen molar-refractivity contribution in [2.24, 2.45) is 0 Å². The van der Waals surface area contributed by atoms with Crippen LogP contribution in [0.5, 0.6) is 11.5 Å². The van der Waals surface area contributed by atoms with Crippen molar-refractivity contribution in [2.75, 3.05) is 32.5 Å². The van der Waals surface area contributed by atoms with Gasteiger partial charge < -0.3 is 19.7 Å². The zero-order chi connectivity index (χ0) is 25.4. The van der Waals surface area contributed by atoms with Gasteiger partial charge in [-0.3, -0.25) is 14.3 Å². The Morgan fingerprint density at radius 2 is 1.60 bits per heavy atom. The molecule has 0 radical (unpaired) electrons. The van der Waals surface area contributed by atoms with E-state index in [4.69, 9.17) is 9.47 Å². The number of anilines is 1. The number of likely N-dealkylation sites (N-methyl/N-ethyl adjacent to an activating group) is 1. The molecule has 3 aromatic carbocycles. The first kappa shape index (κ1) is 25.6. The van der Waals surface area contributed by atoms with Gasteiger partial charge >= 0.3 is 0 Å². The molecule has 0 atom stereocenters. The Labute approximate surface area is 204 Å². The Hall–Kier alpha value is -4.05. The molecule has 3 aromatic rings. The number of hydrogen-bond donors (Lipinski definition) is 2. The topological polar surface area (TPSA) is 114 Å². The van der Waals surface area contributed by atoms with E-state index < -0.39 is 10.0 Å². The number of carbonyl (C=O) groups is 2. The van der Waals surface area contributed by atoms with Crippen molar-refractivity contribution in [3.05, 3.63) is 83.9 Å². The second kappa shape index (κ2) is 11.4. The number of methoxy groups -OCH3 is 1. The fourth-order valence-corrected chi connectivity index (χ4v) is 4.06. The molecule has 2 N–H and O–H groups in total. The Kier molecular flexibility index (Phi) is 8.32. The monoisotopic (exact) mass is 497 g/mol. The summed E-state index contributed by atoms with van der Waals surface area (Å²) in [6.45, 7) is 0.0910. The van der Waals surface area contributed by atoms with Crippen LogP contribution in [0, 0.1) is 0 Å². The molecule has 2 amide bonds. The second-order valence-electron chi connectivity index (χ2n) is 7.74. The van der Waals surface area contributed by atoms with Gasteiger partial charge in [0.25, 0.3) is 21.8 Å². The van der Waals surface area contributed by atoms with Crippen LogP contribution in [-0.2, 0) is 21.4 Å². The number of hydrogen-bond acceptors (Lipinski definition) is 6. The maximum absolute atomic E-state index is 12.6. The van der Waals surface area contributed by atoms with Crippen LogP contribution < -0.4 is 19.5 Å². The lowest BCUT2D eigenvalue weighted by Crippen LogP contribution is -2.27. The predicted octanol–water partition coefficient (Wildman–Crippen LogP) is 2.89. The molecule has 0 aliphatic carbocycles. The molecule has 35 heavy (non-hydrogen) atoms. The summed E-state index contributed by atoms with van der Waals surface area (Å²) in [6.07, 6.45) is 0. The van der Waals surface area contributed by atoms with Crippen molar-refractivity contribution in [3.63, 3.8) is 0 Å². The highest BCUT2D eigenvalue weighted by Gasteiger charge is 2.16. The van der Waals surface area contributed by atoms with Crippen LogP contribution in [0.3, 0.4) is 0 Å². The Balaban J connectivity index is 1.60. The first-order valence-corrected chi connectivity index (χ1v) is 12.1. The normalized spacial score (nSPS) is 10.8. The van der Waals surface area contributed by atoms with Gasteiger partial charge in [-0.1, -0.05) is 24.3 Å². The van der Waals surface area contributed by atoms with Gasteiger partial charge in [0.1, 0.15) is 0 Å². The maximum atomic E-state index is 12.6. The molecule has 0 aliphatic rings. The largest absolute Gasteiger partial charge is 0.493 e. The van der Waals surface area contributed by atoms with E-state index in [-0.39, 0.29) is 29.9 Å². The summed E-state index contributed by atoms with van der Waals surface area (Å²) in [5, 5.41) is 2.79. The van der Waals surface area contributed by atoms with E-state index in [1.165, 1.54) is 36.3 Å². The summed E-state index contributed by atoms with van der Waals surface area (Å²) in [4.78, 5) is 25.8. The van der Waals surface area contributed by atoms with E-state index in [1.807, 2.05) is 0 Å². The Bertz CT molecular complexity index is 1280. The molecular weight excluding hydrogens is 470 g/mol. The smallest absolute Gasteiger partial charge is 0.261 e. The van der Waals surface area contributed by atoms with Crippen LogP contribution >= 0.6 is 0 Å². The van der Waals surface area contributed by atoms with Crippen LogP contribution in [0.2, 0.25) is 0 Å². The molecule has 0 aromatic heterocycles. The third kappa shape index (κ3) is 6.97. The molecule has 0 unspecified atom stereocenters. The lowest BCUT2D eigenvalue weighted by atomic mass is 10.1. The van der Waals surface area contributed by atoms with E-state index >= 15 is 0 Å². The number of carbonyl (C=O) groups excluding carboxylic acids is 2. The standard InChI is InChI=1S/C25H27N3O6S/c1-28(2)24(29)17-34-22-14-9-18(15-23(22)33-3)16-26-25(30)19-10-12-21(13-11-19)35(31,32)27-20-7-5-4-6-8-20/h4-15,27H,16-17H2,1-3H3,(H,26,30). The fourth-order valence-electron chi connectivity index (χ4n) is 3.00. The van der Waals surface area contributed by atoms with E-state index in [0.717, 1.165) is 5.56 Å². The first-order chi connectivity index (χ1) is 16.7. The second-order valence-corrected chi connectivity index (χ2v) is 9.42. The fraction of sp³-hybridized carbons (Fsp3) is 0.200. The van der Waals surface area contributed by atoms with Crippen molar-refractivity contribution in [3.8, 4) is 11.5 Å². The number of amides is 2. The van der Waals surface area contributed by atoms with Crippen molar-refractivity contribution in [1.29, 1.82) is 0 Å². The van der Waals surface area contributed by atoms with Crippen LogP contribution in [-0.4, -0.2) is 52.9 Å². The van der Waals surface area contributed by atoms with Gasteiger partial charge in [-0.2, -0.15) is 0 Å². The van der Waals surface area contributed by atoms with Gasteiger partial charge in [0.2, 0.25) is 0 Å². The molecule has 10 heteroatoms. The minimum Gasteiger partial charge on any atom is -0.493 e. The van der Waals surface area contributed by atoms with E-state index in [1.54, 1.807) is 62.6 Å². The van der Waals surface area contributed by atoms with Crippen molar-refractivity contribution < 1.29 is 27.5 Å². The number of nitrogens with zero attached hydrogens (tertiary/aromatic N) is 1. The summed E-state index contributed by atoms with van der Waals surface area (Å²) in [7, 11) is 1.00. The average molecular weight is 498 g/mol. The third-order valence-corrected chi connectivity index (χ3v) is 6.38. The SMILES string of the molecule is COc1cc(CNC(=O)c2ccc(S(=O)(=O)Nc3ccccc3)cc2)ccc1OCC(=O)N(C)C. The van der Waals surface area contributed by atoms with Gasteiger partial charge in [-0.15, -0.1) is 0 Å². The lowest BCUT2D eigenvalue weighted by molar-refractivity contribution is -0.130. The summed E-state index contributed by atoms with van der Waals surface area (Å²) in [5.41, 5.74) is 1.52. The molecule has 0 saturated heterocycles. The van der Waals surface area contributed by atoms with Gasteiger partial charge in [0.15, 0.2) is 18.1 Å². The number of benzene rings is 3. The van der Waals surface area contributed by atoms with E-state index in [2.05, 4.69) is 10.0 Å². The molecular formula is C25H27N3O6S. The van der Waals surface area contributed by atoms with Crippen LogP contribution in [0.4, 0.5) is 5.69 Å². The summed E-state index contributed by atoms with van der Waals surface area (Å²) < 4.78 is 38.4. The van der Waals surface area contributed by atoms with Gasteiger partial charge in [-0.25, -0.2) is 8.42 Å². The predicted molar refractivity (Wildman–Crippen MR) is 132 cm³/mol. The molecule has 0 spiro atoms. The number of ether oxygens (including phenoxy) is 2. The number of sulfonamides is 1. The summed E-state index contributed by atoms with van der Waals surface area (Å²) >= 11 is 0. The minimum absolute atomic E-state index is 0.0472.